The Hall–Kier alpha value is -1.20. The summed E-state index contributed by atoms with van der Waals surface area (Å²) in [6, 6.07) is 0. The molecule has 0 bridgehead atoms. The van der Waals surface area contributed by atoms with Crippen LogP contribution < -0.4 is 5.32 Å². The number of aromatic nitrogens is 2. The summed E-state index contributed by atoms with van der Waals surface area (Å²) in [5.74, 6) is 1.89. The van der Waals surface area contributed by atoms with Gasteiger partial charge in [0.25, 0.3) is 0 Å². The Morgan fingerprint density at radius 3 is 2.70 bits per heavy atom. The first-order valence-electron chi connectivity index (χ1n) is 7.48. The van der Waals surface area contributed by atoms with Crippen molar-refractivity contribution in [2.75, 3.05) is 39.3 Å². The molecule has 112 valence electrons. The molecule has 1 aromatic rings. The summed E-state index contributed by atoms with van der Waals surface area (Å²) >= 11 is 0. The number of nitrogens with one attached hydrogen (secondary N) is 1. The second kappa shape index (κ2) is 8.17. The zero-order valence-electron chi connectivity index (χ0n) is 12.6. The van der Waals surface area contributed by atoms with Gasteiger partial charge in [-0.05, 0) is 25.7 Å². The Morgan fingerprint density at radius 2 is 1.90 bits per heavy atom. The monoisotopic (exact) mass is 279 g/mol. The average Bonchev–Trinajstić information content (AvgIpc) is 2.71. The number of methoxy groups -OCH3 is 1. The molecule has 0 radical (unpaired) electrons. The van der Waals surface area contributed by atoms with Gasteiger partial charge in [-0.2, -0.15) is 0 Å². The van der Waals surface area contributed by atoms with Crippen molar-refractivity contribution in [1.29, 1.82) is 0 Å². The summed E-state index contributed by atoms with van der Waals surface area (Å²) < 4.78 is 10.4. The topological polar surface area (TPSA) is 56.3 Å². The van der Waals surface area contributed by atoms with E-state index < -0.39 is 0 Å². The molecule has 1 aliphatic carbocycles. The van der Waals surface area contributed by atoms with Crippen LogP contribution in [0.3, 0.4) is 0 Å². The van der Waals surface area contributed by atoms with E-state index in [0.717, 1.165) is 30.9 Å². The molecule has 0 saturated carbocycles. The number of nitrogens with zero attached hydrogens (tertiary/aromatic N) is 2. The van der Waals surface area contributed by atoms with E-state index in [1.54, 1.807) is 7.11 Å². The van der Waals surface area contributed by atoms with Crippen molar-refractivity contribution in [3.05, 3.63) is 17.1 Å². The predicted octanol–water partition coefficient (Wildman–Crippen LogP) is 1.99. The van der Waals surface area contributed by atoms with E-state index in [-0.39, 0.29) is 0 Å². The highest BCUT2D eigenvalue weighted by Gasteiger charge is 2.15. The van der Waals surface area contributed by atoms with Crippen LogP contribution in [0.2, 0.25) is 0 Å². The third kappa shape index (κ3) is 4.15. The summed E-state index contributed by atoms with van der Waals surface area (Å²) in [7, 11) is 3.62. The zero-order valence-corrected chi connectivity index (χ0v) is 12.6. The Labute approximate surface area is 121 Å². The number of hydrogen-bond donors (Lipinski definition) is 1. The molecule has 0 saturated heterocycles. The fourth-order valence-electron chi connectivity index (χ4n) is 2.55. The van der Waals surface area contributed by atoms with Crippen LogP contribution in [0, 0.1) is 0 Å². The molecule has 1 aromatic heterocycles. The van der Waals surface area contributed by atoms with Crippen molar-refractivity contribution in [2.45, 2.75) is 38.5 Å². The summed E-state index contributed by atoms with van der Waals surface area (Å²) in [6.45, 7) is 1.90. The van der Waals surface area contributed by atoms with Crippen molar-refractivity contribution in [2.24, 2.45) is 0 Å². The maximum atomic E-state index is 5.49. The highest BCUT2D eigenvalue weighted by Crippen LogP contribution is 2.24. The van der Waals surface area contributed by atoms with Gasteiger partial charge in [-0.25, -0.2) is 9.97 Å². The molecule has 0 fully saturated rings. The SMILES string of the molecule is CNc1nc(CCOCCOC)nc2c1CCCCC2. The summed E-state index contributed by atoms with van der Waals surface area (Å²) in [5, 5.41) is 3.22. The molecule has 1 N–H and O–H groups in total. The first-order valence-corrected chi connectivity index (χ1v) is 7.48. The summed E-state index contributed by atoms with van der Waals surface area (Å²) in [5.41, 5.74) is 2.54. The minimum atomic E-state index is 0.625. The number of fused-ring (bicyclic) bond motifs is 1. The van der Waals surface area contributed by atoms with Crippen LogP contribution in [0.15, 0.2) is 0 Å². The molecule has 0 amide bonds. The maximum absolute atomic E-state index is 5.49. The van der Waals surface area contributed by atoms with Crippen LogP contribution in [-0.4, -0.2) is 43.9 Å². The van der Waals surface area contributed by atoms with Crippen LogP contribution >= 0.6 is 0 Å². The third-order valence-electron chi connectivity index (χ3n) is 3.62. The molecule has 0 unspecified atom stereocenters. The van der Waals surface area contributed by atoms with E-state index in [2.05, 4.69) is 10.3 Å². The van der Waals surface area contributed by atoms with Crippen LogP contribution in [-0.2, 0) is 28.7 Å². The fourth-order valence-corrected chi connectivity index (χ4v) is 2.55. The fraction of sp³-hybridized carbons (Fsp3) is 0.733. The molecule has 0 atom stereocenters. The number of rotatable bonds is 7. The molecule has 1 heterocycles. The van der Waals surface area contributed by atoms with Gasteiger partial charge in [0.2, 0.25) is 0 Å². The second-order valence-electron chi connectivity index (χ2n) is 5.08. The van der Waals surface area contributed by atoms with Crippen molar-refractivity contribution < 1.29 is 9.47 Å². The Balaban J connectivity index is 2.01. The molecule has 5 heteroatoms. The lowest BCUT2D eigenvalue weighted by molar-refractivity contribution is 0.0716. The van der Waals surface area contributed by atoms with Gasteiger partial charge in [0.05, 0.1) is 19.8 Å². The molecule has 5 nitrogen and oxygen atoms in total. The van der Waals surface area contributed by atoms with Gasteiger partial charge in [0, 0.05) is 31.8 Å². The van der Waals surface area contributed by atoms with Crippen LogP contribution in [0.1, 0.15) is 36.3 Å². The van der Waals surface area contributed by atoms with Crippen molar-refractivity contribution >= 4 is 5.82 Å². The molecule has 0 aliphatic heterocycles. The number of aryl methyl sites for hydroxylation is 1. The van der Waals surface area contributed by atoms with E-state index >= 15 is 0 Å². The van der Waals surface area contributed by atoms with Gasteiger partial charge < -0.3 is 14.8 Å². The smallest absolute Gasteiger partial charge is 0.133 e. The Bertz CT molecular complexity index is 424. The number of ether oxygens (including phenoxy) is 2. The van der Waals surface area contributed by atoms with E-state index in [1.807, 2.05) is 7.05 Å². The average molecular weight is 279 g/mol. The van der Waals surface area contributed by atoms with Gasteiger partial charge in [-0.3, -0.25) is 0 Å². The summed E-state index contributed by atoms with van der Waals surface area (Å²) in [4.78, 5) is 9.37. The van der Waals surface area contributed by atoms with E-state index in [0.29, 0.717) is 19.8 Å². The Kier molecular flexibility index (Phi) is 6.21. The quantitative estimate of drug-likeness (QED) is 0.611. The standard InChI is InChI=1S/C15H25N3O2/c1-16-15-12-6-4-3-5-7-13(12)17-14(18-15)8-9-20-11-10-19-2/h3-11H2,1-2H3,(H,16,17,18). The molecule has 1 aliphatic rings. The lowest BCUT2D eigenvalue weighted by atomic mass is 10.1. The van der Waals surface area contributed by atoms with Crippen molar-refractivity contribution in [1.82, 2.24) is 9.97 Å². The first-order chi connectivity index (χ1) is 9.85. The first kappa shape index (κ1) is 15.2. The molecule has 0 aromatic carbocycles. The van der Waals surface area contributed by atoms with E-state index in [1.165, 1.54) is 30.5 Å². The van der Waals surface area contributed by atoms with E-state index in [4.69, 9.17) is 14.5 Å². The van der Waals surface area contributed by atoms with Crippen molar-refractivity contribution in [3.8, 4) is 0 Å². The number of hydrogen-bond acceptors (Lipinski definition) is 5. The zero-order chi connectivity index (χ0) is 14.2. The minimum absolute atomic E-state index is 0.625. The molecular formula is C15H25N3O2. The predicted molar refractivity (Wildman–Crippen MR) is 79.2 cm³/mol. The summed E-state index contributed by atoms with van der Waals surface area (Å²) in [6.07, 6.45) is 6.68. The highest BCUT2D eigenvalue weighted by atomic mass is 16.5. The molecule has 2 rings (SSSR count). The highest BCUT2D eigenvalue weighted by molar-refractivity contribution is 5.46. The Morgan fingerprint density at radius 1 is 1.05 bits per heavy atom. The molecule has 20 heavy (non-hydrogen) atoms. The van der Waals surface area contributed by atoms with Crippen molar-refractivity contribution in [3.63, 3.8) is 0 Å². The van der Waals surface area contributed by atoms with Crippen LogP contribution in [0.4, 0.5) is 5.82 Å². The van der Waals surface area contributed by atoms with Crippen LogP contribution in [0.5, 0.6) is 0 Å². The lowest BCUT2D eigenvalue weighted by Crippen LogP contribution is -2.12. The minimum Gasteiger partial charge on any atom is -0.382 e. The van der Waals surface area contributed by atoms with Gasteiger partial charge in [0.1, 0.15) is 11.6 Å². The van der Waals surface area contributed by atoms with Gasteiger partial charge in [-0.1, -0.05) is 6.42 Å². The van der Waals surface area contributed by atoms with Gasteiger partial charge in [0.15, 0.2) is 0 Å². The maximum Gasteiger partial charge on any atom is 0.133 e. The van der Waals surface area contributed by atoms with Gasteiger partial charge >= 0.3 is 0 Å². The lowest BCUT2D eigenvalue weighted by Gasteiger charge is -2.13. The largest absolute Gasteiger partial charge is 0.382 e. The number of anilines is 1. The molecule has 0 spiro atoms. The molecular weight excluding hydrogens is 254 g/mol. The van der Waals surface area contributed by atoms with Gasteiger partial charge in [-0.15, -0.1) is 0 Å². The van der Waals surface area contributed by atoms with Crippen LogP contribution in [0.25, 0.3) is 0 Å². The normalized spacial score (nSPS) is 14.7. The van der Waals surface area contributed by atoms with E-state index in [9.17, 15) is 0 Å². The third-order valence-corrected chi connectivity index (χ3v) is 3.62. The second-order valence-corrected chi connectivity index (χ2v) is 5.08.